The van der Waals surface area contributed by atoms with Crippen molar-refractivity contribution in [1.29, 1.82) is 0 Å². The third-order valence-electron chi connectivity index (χ3n) is 5.23. The molecule has 2 fully saturated rings. The summed E-state index contributed by atoms with van der Waals surface area (Å²) in [5.74, 6) is 0.348. The zero-order valence-corrected chi connectivity index (χ0v) is 16.3. The maximum atomic E-state index is 12.7. The Labute approximate surface area is 155 Å². The van der Waals surface area contributed by atoms with E-state index in [0.717, 1.165) is 6.42 Å². The Morgan fingerprint density at radius 1 is 1.23 bits per heavy atom. The maximum absolute atomic E-state index is 12.7. The third-order valence-corrected chi connectivity index (χ3v) is 5.23. The van der Waals surface area contributed by atoms with E-state index in [1.165, 1.54) is 0 Å². The van der Waals surface area contributed by atoms with E-state index in [9.17, 15) is 14.4 Å². The van der Waals surface area contributed by atoms with Gasteiger partial charge in [0.2, 0.25) is 5.91 Å². The number of urea groups is 1. The number of nitrogens with one attached hydrogen (secondary N) is 1. The second-order valence-corrected chi connectivity index (χ2v) is 8.21. The van der Waals surface area contributed by atoms with Gasteiger partial charge in [-0.25, -0.2) is 9.59 Å². The van der Waals surface area contributed by atoms with Crippen molar-refractivity contribution in [2.75, 3.05) is 26.2 Å². The molecule has 26 heavy (non-hydrogen) atoms. The van der Waals surface area contributed by atoms with Gasteiger partial charge in [0.1, 0.15) is 11.6 Å². The number of carbonyl (C=O) groups is 3. The highest BCUT2D eigenvalue weighted by Gasteiger charge is 2.47. The second kappa shape index (κ2) is 8.14. The normalized spacial score (nSPS) is 20.6. The van der Waals surface area contributed by atoms with E-state index in [0.29, 0.717) is 44.9 Å². The monoisotopic (exact) mass is 368 g/mol. The summed E-state index contributed by atoms with van der Waals surface area (Å²) in [6.07, 6.45) is 1.93. The molecule has 2 aliphatic heterocycles. The van der Waals surface area contributed by atoms with E-state index < -0.39 is 17.7 Å². The molecule has 4 amide bonds. The number of piperidine rings is 1. The Morgan fingerprint density at radius 3 is 2.35 bits per heavy atom. The van der Waals surface area contributed by atoms with E-state index in [4.69, 9.17) is 10.5 Å². The fourth-order valence-electron chi connectivity index (χ4n) is 3.54. The fourth-order valence-corrected chi connectivity index (χ4v) is 3.54. The minimum absolute atomic E-state index is 0.0540. The zero-order valence-electron chi connectivity index (χ0n) is 16.3. The summed E-state index contributed by atoms with van der Waals surface area (Å²) in [5.41, 5.74) is 4.70. The van der Waals surface area contributed by atoms with E-state index >= 15 is 0 Å². The quantitative estimate of drug-likeness (QED) is 0.742. The number of hydrogen-bond acceptors (Lipinski definition) is 4. The molecular formula is C18H32N4O4. The van der Waals surface area contributed by atoms with Crippen molar-refractivity contribution in [2.24, 2.45) is 17.6 Å². The molecule has 2 rings (SSSR count). The number of amides is 4. The summed E-state index contributed by atoms with van der Waals surface area (Å²) in [6, 6.07) is -1.33. The minimum Gasteiger partial charge on any atom is -0.441 e. The van der Waals surface area contributed by atoms with E-state index in [2.05, 4.69) is 19.2 Å². The Kier molecular flexibility index (Phi) is 6.36. The summed E-state index contributed by atoms with van der Waals surface area (Å²) in [4.78, 5) is 39.6. The molecule has 0 saturated carbocycles. The lowest BCUT2D eigenvalue weighted by Crippen LogP contribution is -2.56. The number of likely N-dealkylation sites (tertiary alicyclic amines) is 1. The van der Waals surface area contributed by atoms with Crippen LogP contribution in [0.2, 0.25) is 0 Å². The second-order valence-electron chi connectivity index (χ2n) is 8.21. The van der Waals surface area contributed by atoms with Crippen LogP contribution in [0.5, 0.6) is 0 Å². The van der Waals surface area contributed by atoms with Crippen molar-refractivity contribution in [3.8, 4) is 0 Å². The van der Waals surface area contributed by atoms with Gasteiger partial charge in [0.05, 0.1) is 6.54 Å². The van der Waals surface area contributed by atoms with Gasteiger partial charge in [-0.1, -0.05) is 27.7 Å². The highest BCUT2D eigenvalue weighted by Crippen LogP contribution is 2.33. The van der Waals surface area contributed by atoms with Crippen molar-refractivity contribution < 1.29 is 19.1 Å². The highest BCUT2D eigenvalue weighted by atomic mass is 16.6. The van der Waals surface area contributed by atoms with Gasteiger partial charge in [-0.05, 0) is 18.3 Å². The highest BCUT2D eigenvalue weighted by molar-refractivity contribution is 5.87. The zero-order chi connectivity index (χ0) is 19.5. The molecule has 0 aromatic heterocycles. The molecule has 1 spiro atoms. The molecule has 8 nitrogen and oxygen atoms in total. The first kappa shape index (κ1) is 20.3. The number of rotatable bonds is 6. The Balaban J connectivity index is 1.93. The van der Waals surface area contributed by atoms with Crippen LogP contribution in [0.25, 0.3) is 0 Å². The minimum atomic E-state index is -0.698. The Bertz CT molecular complexity index is 541. The van der Waals surface area contributed by atoms with E-state index in [-0.39, 0.29) is 17.9 Å². The molecule has 2 aliphatic rings. The van der Waals surface area contributed by atoms with Crippen LogP contribution in [0.4, 0.5) is 9.59 Å². The van der Waals surface area contributed by atoms with Crippen LogP contribution in [0.3, 0.4) is 0 Å². The molecule has 0 radical (unpaired) electrons. The third kappa shape index (κ3) is 4.80. The summed E-state index contributed by atoms with van der Waals surface area (Å²) in [7, 11) is 0. The molecule has 0 aliphatic carbocycles. The van der Waals surface area contributed by atoms with Crippen molar-refractivity contribution in [3.05, 3.63) is 0 Å². The molecule has 0 aromatic rings. The summed E-state index contributed by atoms with van der Waals surface area (Å²) in [6.45, 7) is 10.3. The van der Waals surface area contributed by atoms with Gasteiger partial charge in [-0.3, -0.25) is 4.79 Å². The lowest BCUT2D eigenvalue weighted by Gasteiger charge is -2.39. The summed E-state index contributed by atoms with van der Waals surface area (Å²) in [5, 5.41) is 2.53. The number of primary amides is 1. The first-order chi connectivity index (χ1) is 12.1. The van der Waals surface area contributed by atoms with E-state index in [1.807, 2.05) is 13.8 Å². The maximum Gasteiger partial charge on any atom is 0.410 e. The molecule has 148 valence electrons. The topological polar surface area (TPSA) is 105 Å². The molecular weight excluding hydrogens is 336 g/mol. The van der Waals surface area contributed by atoms with Crippen molar-refractivity contribution in [2.45, 2.75) is 58.6 Å². The van der Waals surface area contributed by atoms with Gasteiger partial charge in [0.15, 0.2) is 0 Å². The number of hydrogen-bond donors (Lipinski definition) is 2. The number of nitrogens with zero attached hydrogens (tertiary/aromatic N) is 2. The van der Waals surface area contributed by atoms with Crippen LogP contribution in [0, 0.1) is 11.8 Å². The molecule has 8 heteroatoms. The van der Waals surface area contributed by atoms with E-state index in [1.54, 1.807) is 9.80 Å². The average Bonchev–Trinajstić information content (AvgIpc) is 2.85. The van der Waals surface area contributed by atoms with Gasteiger partial charge < -0.3 is 25.6 Å². The predicted molar refractivity (Wildman–Crippen MR) is 97.4 cm³/mol. The van der Waals surface area contributed by atoms with Crippen molar-refractivity contribution in [1.82, 2.24) is 15.1 Å². The van der Waals surface area contributed by atoms with Crippen LogP contribution in [-0.2, 0) is 9.53 Å². The van der Waals surface area contributed by atoms with Gasteiger partial charge in [-0.15, -0.1) is 0 Å². The predicted octanol–water partition coefficient (Wildman–Crippen LogP) is 1.54. The van der Waals surface area contributed by atoms with Crippen LogP contribution in [0.1, 0.15) is 47.0 Å². The molecule has 2 heterocycles. The lowest BCUT2D eigenvalue weighted by atomic mass is 9.90. The number of nitrogens with two attached hydrogens (primary N) is 1. The van der Waals surface area contributed by atoms with Crippen molar-refractivity contribution >= 4 is 18.0 Å². The number of carbonyl (C=O) groups excluding carboxylic acids is 3. The van der Waals surface area contributed by atoms with Crippen molar-refractivity contribution in [3.63, 3.8) is 0 Å². The molecule has 2 saturated heterocycles. The van der Waals surface area contributed by atoms with Crippen LogP contribution < -0.4 is 11.1 Å². The largest absolute Gasteiger partial charge is 0.441 e. The average molecular weight is 368 g/mol. The first-order valence-electron chi connectivity index (χ1n) is 9.46. The van der Waals surface area contributed by atoms with Gasteiger partial charge in [-0.2, -0.15) is 0 Å². The molecule has 1 atom stereocenters. The van der Waals surface area contributed by atoms with Crippen LogP contribution in [-0.4, -0.2) is 65.7 Å². The Hall–Kier alpha value is -1.99. The van der Waals surface area contributed by atoms with Gasteiger partial charge in [0, 0.05) is 32.5 Å². The standard InChI is InChI=1S/C18H32N4O4/c1-12(2)5-8-22-11-18(26-17(22)25)6-9-21(10-7-18)15(23)14(13(3)4)20-16(19)24/h12-14H,5-11H2,1-4H3,(H3,19,20,24)/t14-/m0/s1. The first-order valence-corrected chi connectivity index (χ1v) is 9.46. The SMILES string of the molecule is CC(C)CCN1CC2(CCN(C(=O)[C@@H](NC(N)=O)C(C)C)CC2)OC1=O. The molecule has 0 aromatic carbocycles. The lowest BCUT2D eigenvalue weighted by molar-refractivity contribution is -0.137. The van der Waals surface area contributed by atoms with Crippen LogP contribution in [0.15, 0.2) is 0 Å². The molecule has 0 bridgehead atoms. The summed E-state index contributed by atoms with van der Waals surface area (Å²) < 4.78 is 5.69. The smallest absolute Gasteiger partial charge is 0.410 e. The number of ether oxygens (including phenoxy) is 1. The molecule has 3 N–H and O–H groups in total. The Morgan fingerprint density at radius 2 is 1.85 bits per heavy atom. The fraction of sp³-hybridized carbons (Fsp3) is 0.833. The van der Waals surface area contributed by atoms with Gasteiger partial charge in [0.25, 0.3) is 0 Å². The summed E-state index contributed by atoms with van der Waals surface area (Å²) >= 11 is 0. The molecule has 0 unspecified atom stereocenters. The van der Waals surface area contributed by atoms with Crippen LogP contribution >= 0.6 is 0 Å². The van der Waals surface area contributed by atoms with Gasteiger partial charge >= 0.3 is 12.1 Å².